The summed E-state index contributed by atoms with van der Waals surface area (Å²) in [7, 11) is 1.60. The van der Waals surface area contributed by atoms with Gasteiger partial charge >= 0.3 is 0 Å². The number of ether oxygens (including phenoxy) is 1. The maximum atomic E-state index is 12.6. The highest BCUT2D eigenvalue weighted by atomic mass is 32.1. The Balaban J connectivity index is 1.61. The molecule has 0 atom stereocenters. The molecule has 1 amide bonds. The summed E-state index contributed by atoms with van der Waals surface area (Å²) in [6, 6.07) is 7.20. The first-order chi connectivity index (χ1) is 12.1. The lowest BCUT2D eigenvalue weighted by Gasteiger charge is -2.31. The Morgan fingerprint density at radius 3 is 2.52 bits per heavy atom. The van der Waals surface area contributed by atoms with E-state index in [-0.39, 0.29) is 17.6 Å². The van der Waals surface area contributed by atoms with E-state index in [2.05, 4.69) is 9.59 Å². The summed E-state index contributed by atoms with van der Waals surface area (Å²) < 4.78 is 9.01. The molecule has 1 fully saturated rings. The lowest BCUT2D eigenvalue weighted by Crippen LogP contribution is -2.40. The number of Topliss-reactive ketones (excluding diaryl/α,β-unsaturated/α-hetero) is 1. The summed E-state index contributed by atoms with van der Waals surface area (Å²) in [5, 5.41) is 4.00. The van der Waals surface area contributed by atoms with Crippen molar-refractivity contribution >= 4 is 23.2 Å². The van der Waals surface area contributed by atoms with Gasteiger partial charge in [0.1, 0.15) is 10.6 Å². The second-order valence-corrected chi connectivity index (χ2v) is 6.82. The van der Waals surface area contributed by atoms with Crippen LogP contribution in [0.15, 0.2) is 24.3 Å². The second-order valence-electron chi connectivity index (χ2n) is 6.06. The number of hydrogen-bond donors (Lipinski definition) is 0. The fourth-order valence-electron chi connectivity index (χ4n) is 3.08. The standard InChI is InChI=1S/C18H21N3O3S/c1-3-15-17(25-20-19-15)18(23)21-10-8-13(9-11-21)16(22)12-4-6-14(24-2)7-5-12/h4-7,13H,3,8-11H2,1-2H3. The van der Waals surface area contributed by atoms with Crippen molar-refractivity contribution in [1.29, 1.82) is 0 Å². The van der Waals surface area contributed by atoms with Crippen LogP contribution in [-0.2, 0) is 6.42 Å². The minimum atomic E-state index is -0.0392. The number of aromatic nitrogens is 2. The van der Waals surface area contributed by atoms with Gasteiger partial charge in [-0.1, -0.05) is 11.4 Å². The Labute approximate surface area is 151 Å². The van der Waals surface area contributed by atoms with E-state index in [4.69, 9.17) is 4.74 Å². The molecule has 1 aromatic heterocycles. The van der Waals surface area contributed by atoms with Crippen molar-refractivity contribution in [2.24, 2.45) is 5.92 Å². The molecule has 1 aliphatic heterocycles. The van der Waals surface area contributed by atoms with E-state index in [1.165, 1.54) is 0 Å². The summed E-state index contributed by atoms with van der Waals surface area (Å²) in [5.74, 6) is 0.829. The third-order valence-electron chi connectivity index (χ3n) is 4.61. The van der Waals surface area contributed by atoms with E-state index in [9.17, 15) is 9.59 Å². The molecule has 6 nitrogen and oxygen atoms in total. The maximum absolute atomic E-state index is 12.6. The average molecular weight is 359 g/mol. The van der Waals surface area contributed by atoms with E-state index < -0.39 is 0 Å². The van der Waals surface area contributed by atoms with E-state index in [0.717, 1.165) is 23.0 Å². The zero-order valence-electron chi connectivity index (χ0n) is 14.4. The molecule has 0 bridgehead atoms. The van der Waals surface area contributed by atoms with Crippen LogP contribution in [0.3, 0.4) is 0 Å². The molecule has 2 aromatic rings. The lowest BCUT2D eigenvalue weighted by molar-refractivity contribution is 0.0653. The zero-order chi connectivity index (χ0) is 17.8. The molecule has 2 heterocycles. The number of likely N-dealkylation sites (tertiary alicyclic amines) is 1. The first-order valence-electron chi connectivity index (χ1n) is 8.42. The minimum absolute atomic E-state index is 0.0119. The molecule has 3 rings (SSSR count). The molecule has 1 aliphatic rings. The van der Waals surface area contributed by atoms with Crippen LogP contribution in [-0.4, -0.2) is 46.4 Å². The molecule has 0 N–H and O–H groups in total. The zero-order valence-corrected chi connectivity index (χ0v) is 15.2. The molecule has 0 radical (unpaired) electrons. The Morgan fingerprint density at radius 2 is 1.92 bits per heavy atom. The number of benzene rings is 1. The van der Waals surface area contributed by atoms with Crippen LogP contribution in [0.4, 0.5) is 0 Å². The Morgan fingerprint density at radius 1 is 1.24 bits per heavy atom. The molecule has 1 aromatic carbocycles. The van der Waals surface area contributed by atoms with Crippen LogP contribution in [0, 0.1) is 5.92 Å². The van der Waals surface area contributed by atoms with Gasteiger partial charge in [-0.25, -0.2) is 0 Å². The second kappa shape index (κ2) is 7.74. The van der Waals surface area contributed by atoms with Gasteiger partial charge in [-0.15, -0.1) is 5.10 Å². The third kappa shape index (κ3) is 3.71. The first kappa shape index (κ1) is 17.5. The molecule has 1 saturated heterocycles. The predicted octanol–water partition coefficient (Wildman–Crippen LogP) is 2.84. The highest BCUT2D eigenvalue weighted by molar-refractivity contribution is 7.08. The van der Waals surface area contributed by atoms with Gasteiger partial charge in [0.25, 0.3) is 5.91 Å². The molecule has 25 heavy (non-hydrogen) atoms. The monoisotopic (exact) mass is 359 g/mol. The number of methoxy groups -OCH3 is 1. The Bertz CT molecular complexity index is 749. The SMILES string of the molecule is CCc1nnsc1C(=O)N1CCC(C(=O)c2ccc(OC)cc2)CC1. The van der Waals surface area contributed by atoms with Crippen LogP contribution in [0.2, 0.25) is 0 Å². The number of carbonyl (C=O) groups excluding carboxylic acids is 2. The van der Waals surface area contributed by atoms with Crippen LogP contribution in [0.5, 0.6) is 5.75 Å². The van der Waals surface area contributed by atoms with Gasteiger partial charge in [-0.3, -0.25) is 9.59 Å². The van der Waals surface area contributed by atoms with E-state index in [1.807, 2.05) is 11.8 Å². The van der Waals surface area contributed by atoms with Gasteiger partial charge in [0.15, 0.2) is 5.78 Å². The van der Waals surface area contributed by atoms with Gasteiger partial charge in [-0.05, 0) is 55.1 Å². The fourth-order valence-corrected chi connectivity index (χ4v) is 3.80. The number of ketones is 1. The normalized spacial score (nSPS) is 15.2. The highest BCUT2D eigenvalue weighted by Crippen LogP contribution is 2.25. The molecule has 0 saturated carbocycles. The smallest absolute Gasteiger partial charge is 0.267 e. The van der Waals surface area contributed by atoms with Gasteiger partial charge in [0.2, 0.25) is 0 Å². The van der Waals surface area contributed by atoms with E-state index in [1.54, 1.807) is 31.4 Å². The van der Waals surface area contributed by atoms with Crippen molar-refractivity contribution in [1.82, 2.24) is 14.5 Å². The van der Waals surface area contributed by atoms with E-state index in [0.29, 0.717) is 42.8 Å². The van der Waals surface area contributed by atoms with Crippen LogP contribution >= 0.6 is 11.5 Å². The quantitative estimate of drug-likeness (QED) is 0.768. The minimum Gasteiger partial charge on any atom is -0.497 e. The van der Waals surface area contributed by atoms with Gasteiger partial charge < -0.3 is 9.64 Å². The Kier molecular flexibility index (Phi) is 5.43. The molecule has 132 valence electrons. The van der Waals surface area contributed by atoms with Gasteiger partial charge in [0.05, 0.1) is 12.8 Å². The first-order valence-corrected chi connectivity index (χ1v) is 9.20. The number of hydrogen-bond acceptors (Lipinski definition) is 6. The number of amides is 1. The van der Waals surface area contributed by atoms with E-state index >= 15 is 0 Å². The molecule has 0 aliphatic carbocycles. The molecular weight excluding hydrogens is 338 g/mol. The molecule has 7 heteroatoms. The number of piperidine rings is 1. The molecular formula is C18H21N3O3S. The van der Waals surface area contributed by atoms with Crippen molar-refractivity contribution < 1.29 is 14.3 Å². The predicted molar refractivity (Wildman–Crippen MR) is 95.2 cm³/mol. The highest BCUT2D eigenvalue weighted by Gasteiger charge is 2.30. The third-order valence-corrected chi connectivity index (χ3v) is 5.37. The molecule has 0 unspecified atom stereocenters. The summed E-state index contributed by atoms with van der Waals surface area (Å²) in [6.45, 7) is 3.15. The van der Waals surface area contributed by atoms with Crippen molar-refractivity contribution in [3.8, 4) is 5.75 Å². The fraction of sp³-hybridized carbons (Fsp3) is 0.444. The van der Waals surface area contributed by atoms with Crippen LogP contribution in [0.25, 0.3) is 0 Å². The number of aryl methyl sites for hydroxylation is 1. The van der Waals surface area contributed by atoms with Crippen LogP contribution in [0.1, 0.15) is 45.5 Å². The van der Waals surface area contributed by atoms with Crippen molar-refractivity contribution in [3.05, 3.63) is 40.4 Å². The summed E-state index contributed by atoms with van der Waals surface area (Å²) >= 11 is 1.15. The molecule has 0 spiro atoms. The van der Waals surface area contributed by atoms with Crippen molar-refractivity contribution in [2.45, 2.75) is 26.2 Å². The summed E-state index contributed by atoms with van der Waals surface area (Å²) in [5.41, 5.74) is 1.46. The van der Waals surface area contributed by atoms with Gasteiger partial charge in [-0.2, -0.15) is 0 Å². The average Bonchev–Trinajstić information content (AvgIpc) is 3.16. The number of nitrogens with zero attached hydrogens (tertiary/aromatic N) is 3. The van der Waals surface area contributed by atoms with Crippen molar-refractivity contribution in [2.75, 3.05) is 20.2 Å². The Hall–Kier alpha value is -2.28. The lowest BCUT2D eigenvalue weighted by atomic mass is 9.89. The number of carbonyl (C=O) groups is 2. The summed E-state index contributed by atoms with van der Waals surface area (Å²) in [4.78, 5) is 27.7. The topological polar surface area (TPSA) is 72.4 Å². The van der Waals surface area contributed by atoms with Crippen molar-refractivity contribution in [3.63, 3.8) is 0 Å². The number of rotatable bonds is 5. The van der Waals surface area contributed by atoms with Crippen LogP contribution < -0.4 is 4.74 Å². The summed E-state index contributed by atoms with van der Waals surface area (Å²) in [6.07, 6.45) is 2.07. The largest absolute Gasteiger partial charge is 0.497 e. The maximum Gasteiger partial charge on any atom is 0.267 e. The van der Waals surface area contributed by atoms with Gasteiger partial charge in [0, 0.05) is 24.6 Å².